The fourth-order valence-electron chi connectivity index (χ4n) is 7.79. The van der Waals surface area contributed by atoms with Crippen LogP contribution in [-0.2, 0) is 9.53 Å². The van der Waals surface area contributed by atoms with Gasteiger partial charge in [-0.2, -0.15) is 0 Å². The summed E-state index contributed by atoms with van der Waals surface area (Å²) in [6, 6.07) is 10.2. The predicted octanol–water partition coefficient (Wildman–Crippen LogP) is 4.13. The number of anilines is 1. The van der Waals surface area contributed by atoms with E-state index in [0.29, 0.717) is 0 Å². The van der Waals surface area contributed by atoms with Crippen molar-refractivity contribution >= 4 is 17.4 Å². The summed E-state index contributed by atoms with van der Waals surface area (Å²) in [6.45, 7) is 7.43. The molecule has 31 heavy (non-hydrogen) atoms. The topological polar surface area (TPSA) is 45.1 Å². The maximum atomic E-state index is 13.9. The van der Waals surface area contributed by atoms with Gasteiger partial charge in [-0.3, -0.25) is 19.6 Å². The van der Waals surface area contributed by atoms with Crippen molar-refractivity contribution in [3.63, 3.8) is 0 Å². The second-order valence-corrected chi connectivity index (χ2v) is 11.4. The molecule has 7 rings (SSSR count). The number of hydrogen-bond acceptors (Lipinski definition) is 4. The average molecular weight is 422 g/mol. The molecule has 0 spiro atoms. The van der Waals surface area contributed by atoms with E-state index in [0.717, 1.165) is 55.6 Å². The zero-order chi connectivity index (χ0) is 21.2. The first-order chi connectivity index (χ1) is 15.0. The summed E-state index contributed by atoms with van der Waals surface area (Å²) < 4.78 is 5.65. The zero-order valence-corrected chi connectivity index (χ0v) is 18.9. The Morgan fingerprint density at radius 2 is 1.52 bits per heavy atom. The lowest BCUT2D eigenvalue weighted by Gasteiger charge is -2.55. The molecule has 5 nitrogen and oxygen atoms in total. The number of aliphatic imine (C=N–C) groups is 1. The molecule has 0 aromatic heterocycles. The Hall–Kier alpha value is -1.72. The van der Waals surface area contributed by atoms with Crippen LogP contribution in [0.25, 0.3) is 0 Å². The molecule has 4 saturated carbocycles. The number of amidine groups is 1. The van der Waals surface area contributed by atoms with Crippen molar-refractivity contribution in [2.24, 2.45) is 28.2 Å². The number of morpholine rings is 1. The van der Waals surface area contributed by atoms with Crippen LogP contribution in [0.4, 0.5) is 5.69 Å². The highest BCUT2D eigenvalue weighted by Gasteiger charge is 2.57. The number of carbonyl (C=O) groups excluding carboxylic acids is 1. The van der Waals surface area contributed by atoms with E-state index in [-0.39, 0.29) is 17.5 Å². The van der Waals surface area contributed by atoms with Crippen molar-refractivity contribution in [2.45, 2.75) is 64.0 Å². The van der Waals surface area contributed by atoms with Crippen molar-refractivity contribution in [1.29, 1.82) is 0 Å². The molecule has 6 aliphatic rings. The third kappa shape index (κ3) is 3.19. The molecule has 1 aromatic rings. The van der Waals surface area contributed by atoms with Crippen LogP contribution in [0.2, 0.25) is 0 Å². The van der Waals surface area contributed by atoms with Crippen molar-refractivity contribution < 1.29 is 9.53 Å². The van der Waals surface area contributed by atoms with E-state index in [1.165, 1.54) is 38.5 Å². The Labute approximate surface area is 185 Å². The highest BCUT2D eigenvalue weighted by atomic mass is 16.5. The summed E-state index contributed by atoms with van der Waals surface area (Å²) in [5.41, 5.74) is 0.497. The van der Waals surface area contributed by atoms with Crippen LogP contribution in [0.1, 0.15) is 52.4 Å². The first-order valence-electron chi connectivity index (χ1n) is 12.3. The van der Waals surface area contributed by atoms with Gasteiger partial charge in [-0.15, -0.1) is 0 Å². The van der Waals surface area contributed by atoms with Crippen LogP contribution < -0.4 is 4.90 Å². The number of nitrogens with zero attached hydrogens (tertiary/aromatic N) is 3. The van der Waals surface area contributed by atoms with E-state index < -0.39 is 5.41 Å². The molecular formula is C26H35N3O2. The van der Waals surface area contributed by atoms with Gasteiger partial charge in [0, 0.05) is 13.1 Å². The monoisotopic (exact) mass is 421 g/mol. The minimum Gasteiger partial charge on any atom is -0.379 e. The lowest BCUT2D eigenvalue weighted by molar-refractivity contribution is -0.126. The molecule has 2 saturated heterocycles. The van der Waals surface area contributed by atoms with E-state index >= 15 is 0 Å². The third-order valence-corrected chi connectivity index (χ3v) is 8.69. The van der Waals surface area contributed by atoms with E-state index in [2.05, 4.69) is 30.9 Å². The van der Waals surface area contributed by atoms with Gasteiger partial charge in [-0.1, -0.05) is 18.2 Å². The number of rotatable bonds is 3. The van der Waals surface area contributed by atoms with Gasteiger partial charge < -0.3 is 4.74 Å². The molecule has 1 amide bonds. The molecule has 1 unspecified atom stereocenters. The normalized spacial score (nSPS) is 40.8. The summed E-state index contributed by atoms with van der Waals surface area (Å²) in [5.74, 6) is 3.71. The fraction of sp³-hybridized carbons (Fsp3) is 0.692. The Morgan fingerprint density at radius 3 is 2.10 bits per heavy atom. The van der Waals surface area contributed by atoms with Crippen molar-refractivity contribution in [1.82, 2.24) is 4.90 Å². The van der Waals surface area contributed by atoms with E-state index in [4.69, 9.17) is 9.73 Å². The lowest BCUT2D eigenvalue weighted by Crippen LogP contribution is -2.54. The van der Waals surface area contributed by atoms with Crippen molar-refractivity contribution in [3.8, 4) is 0 Å². The van der Waals surface area contributed by atoms with Crippen LogP contribution in [0, 0.1) is 23.2 Å². The maximum absolute atomic E-state index is 13.9. The van der Waals surface area contributed by atoms with Crippen molar-refractivity contribution in [2.75, 3.05) is 31.2 Å². The van der Waals surface area contributed by atoms with Gasteiger partial charge in [0.2, 0.25) is 5.91 Å². The van der Waals surface area contributed by atoms with Crippen LogP contribution in [0.5, 0.6) is 0 Å². The standard InChI is InChI=1S/C26H35N3O2/c1-25(2)22(28-8-10-31-11-9-28)23(29(24(25)30)21-6-4-3-5-7-21)27-26-15-18-12-19(16-26)14-20(13-18)17-26/h3-7,18-20,22H,8-17H2,1-2H3. The van der Waals surface area contributed by atoms with E-state index in [9.17, 15) is 4.79 Å². The van der Waals surface area contributed by atoms with Gasteiger partial charge in [0.05, 0.1) is 35.9 Å². The SMILES string of the molecule is CC1(C)C(=O)N(c2ccccc2)C(=NC23CC4CC(CC(C4)C2)C3)C1N1CCOCC1. The first-order valence-corrected chi connectivity index (χ1v) is 12.3. The van der Waals surface area contributed by atoms with Gasteiger partial charge in [0.1, 0.15) is 5.84 Å². The molecule has 6 fully saturated rings. The number of carbonyl (C=O) groups is 1. The second kappa shape index (κ2) is 7.14. The van der Waals surface area contributed by atoms with E-state index in [1.807, 2.05) is 23.1 Å². The third-order valence-electron chi connectivity index (χ3n) is 8.69. The Balaban J connectivity index is 1.47. The molecule has 1 aromatic carbocycles. The quantitative estimate of drug-likeness (QED) is 0.737. The minimum absolute atomic E-state index is 0.0112. The fourth-order valence-corrected chi connectivity index (χ4v) is 7.79. The van der Waals surface area contributed by atoms with Crippen LogP contribution in [-0.4, -0.2) is 54.5 Å². The molecular weight excluding hydrogens is 386 g/mol. The summed E-state index contributed by atoms with van der Waals surface area (Å²) in [6.07, 6.45) is 7.87. The predicted molar refractivity (Wildman–Crippen MR) is 122 cm³/mol. The number of amides is 1. The molecule has 5 heteroatoms. The Bertz CT molecular complexity index is 852. The number of para-hydroxylation sites is 1. The number of hydrogen-bond donors (Lipinski definition) is 0. The Kier molecular flexibility index (Phi) is 4.59. The lowest BCUT2D eigenvalue weighted by atomic mass is 9.53. The smallest absolute Gasteiger partial charge is 0.240 e. The molecule has 166 valence electrons. The maximum Gasteiger partial charge on any atom is 0.240 e. The molecule has 1 atom stereocenters. The van der Waals surface area contributed by atoms with Crippen molar-refractivity contribution in [3.05, 3.63) is 30.3 Å². The van der Waals surface area contributed by atoms with Gasteiger partial charge in [0.15, 0.2) is 0 Å². The molecule has 0 N–H and O–H groups in total. The van der Waals surface area contributed by atoms with E-state index in [1.54, 1.807) is 0 Å². The summed E-state index contributed by atoms with van der Waals surface area (Å²) in [7, 11) is 0. The van der Waals surface area contributed by atoms with Gasteiger partial charge in [-0.05, 0) is 82.3 Å². The molecule has 2 heterocycles. The molecule has 2 aliphatic heterocycles. The average Bonchev–Trinajstić information content (AvgIpc) is 2.93. The highest BCUT2D eigenvalue weighted by molar-refractivity contribution is 6.27. The first kappa shape index (κ1) is 19.9. The van der Waals surface area contributed by atoms with Gasteiger partial charge in [0.25, 0.3) is 0 Å². The van der Waals surface area contributed by atoms with Crippen LogP contribution >= 0.6 is 0 Å². The Morgan fingerprint density at radius 1 is 0.935 bits per heavy atom. The number of ether oxygens (including phenoxy) is 1. The van der Waals surface area contributed by atoms with Gasteiger partial charge in [-0.25, -0.2) is 0 Å². The number of benzene rings is 1. The summed E-state index contributed by atoms with van der Waals surface area (Å²) in [5, 5.41) is 0. The summed E-state index contributed by atoms with van der Waals surface area (Å²) >= 11 is 0. The zero-order valence-electron chi connectivity index (χ0n) is 18.9. The second-order valence-electron chi connectivity index (χ2n) is 11.4. The van der Waals surface area contributed by atoms with Gasteiger partial charge >= 0.3 is 0 Å². The molecule has 4 aliphatic carbocycles. The minimum atomic E-state index is -0.506. The highest BCUT2D eigenvalue weighted by Crippen LogP contribution is 2.57. The van der Waals surface area contributed by atoms with Crippen LogP contribution in [0.15, 0.2) is 35.3 Å². The largest absolute Gasteiger partial charge is 0.379 e. The van der Waals surface area contributed by atoms with Crippen LogP contribution in [0.3, 0.4) is 0 Å². The molecule has 0 radical (unpaired) electrons. The summed E-state index contributed by atoms with van der Waals surface area (Å²) in [4.78, 5) is 24.0. The molecule has 4 bridgehead atoms.